The van der Waals surface area contributed by atoms with E-state index in [1.807, 2.05) is 0 Å². The highest BCUT2D eigenvalue weighted by Gasteiger charge is 2.36. The quantitative estimate of drug-likeness (QED) is 0.340. The Bertz CT molecular complexity index is 1110. The summed E-state index contributed by atoms with van der Waals surface area (Å²) in [5.74, 6) is -6.39. The van der Waals surface area contributed by atoms with Crippen LogP contribution in [0, 0.1) is 0 Å². The standard InChI is InChI=1S/C9H9ClF3N3O.C8H6F6N4O2/c10-6-3-15-16(4-6)5-8(17)14-2-1-7(11)9(12)13;9-4(6(10)11)1-2-20-5(19)3-18-16-7(15-17-18)8(12,13)14/h3-4H,1-2,5H2,(H,14,17);1-3H2. The number of esters is 1. The Morgan fingerprint density at radius 1 is 1.00 bits per heavy atom. The van der Waals surface area contributed by atoms with Crippen LogP contribution in [-0.2, 0) is 33.6 Å². The molecule has 0 bridgehead atoms. The van der Waals surface area contributed by atoms with Crippen molar-refractivity contribution in [3.63, 3.8) is 0 Å². The molecular formula is C17H15ClF9N7O3. The Kier molecular flexibility index (Phi) is 12.6. The number of ether oxygens (including phenoxy) is 1. The molecule has 2 aromatic heterocycles. The van der Waals surface area contributed by atoms with E-state index in [1.54, 1.807) is 0 Å². The summed E-state index contributed by atoms with van der Waals surface area (Å²) >= 11 is 5.57. The number of aromatic nitrogens is 6. The molecule has 10 nitrogen and oxygen atoms in total. The highest BCUT2D eigenvalue weighted by Crippen LogP contribution is 2.24. The molecule has 0 aliphatic heterocycles. The van der Waals surface area contributed by atoms with Gasteiger partial charge in [-0.3, -0.25) is 9.48 Å². The van der Waals surface area contributed by atoms with Crippen molar-refractivity contribution in [2.75, 3.05) is 13.2 Å². The molecule has 1 amide bonds. The smallest absolute Gasteiger partial charge is 0.455 e. The fraction of sp³-hybridized carbons (Fsp3) is 0.412. The zero-order chi connectivity index (χ0) is 28.2. The topological polar surface area (TPSA) is 117 Å². The first kappa shape index (κ1) is 31.4. The van der Waals surface area contributed by atoms with E-state index in [0.29, 0.717) is 9.82 Å². The van der Waals surface area contributed by atoms with Crippen molar-refractivity contribution in [1.82, 2.24) is 35.3 Å². The number of carbonyl (C=O) groups is 2. The third-order valence-corrected chi connectivity index (χ3v) is 3.74. The number of alkyl halides is 3. The summed E-state index contributed by atoms with van der Waals surface area (Å²) < 4.78 is 113. The lowest BCUT2D eigenvalue weighted by Crippen LogP contribution is -2.28. The summed E-state index contributed by atoms with van der Waals surface area (Å²) in [5, 5.41) is 14.9. The van der Waals surface area contributed by atoms with E-state index in [0.717, 1.165) is 0 Å². The van der Waals surface area contributed by atoms with Gasteiger partial charge in [0.05, 0.1) is 17.8 Å². The van der Waals surface area contributed by atoms with E-state index in [-0.39, 0.29) is 13.1 Å². The molecule has 2 heterocycles. The zero-order valence-corrected chi connectivity index (χ0v) is 18.8. The molecule has 0 saturated heterocycles. The van der Waals surface area contributed by atoms with Crippen molar-refractivity contribution in [2.24, 2.45) is 0 Å². The molecule has 0 atom stereocenters. The van der Waals surface area contributed by atoms with Gasteiger partial charge in [0.25, 0.3) is 5.82 Å². The number of tetrazole rings is 1. The lowest BCUT2D eigenvalue weighted by Gasteiger charge is -2.03. The summed E-state index contributed by atoms with van der Waals surface area (Å²) in [4.78, 5) is 22.6. The van der Waals surface area contributed by atoms with Crippen molar-refractivity contribution in [3.05, 3.63) is 47.1 Å². The van der Waals surface area contributed by atoms with E-state index in [4.69, 9.17) is 11.6 Å². The number of halogens is 10. The van der Waals surface area contributed by atoms with Gasteiger partial charge in [-0.05, 0) is 5.21 Å². The first-order valence-electron chi connectivity index (χ1n) is 9.53. The SMILES string of the molecule is O=C(Cn1cc(Cl)cn1)NCCC(F)=C(F)F.O=C(Cn1nnc(C(F)(F)F)n1)OCCC(F)=C(F)F. The number of hydrogen-bond acceptors (Lipinski definition) is 7. The van der Waals surface area contributed by atoms with Gasteiger partial charge in [-0.25, -0.2) is 13.6 Å². The average Bonchev–Trinajstić information content (AvgIpc) is 3.42. The van der Waals surface area contributed by atoms with Crippen LogP contribution in [0.1, 0.15) is 18.7 Å². The number of nitrogens with one attached hydrogen (secondary N) is 1. The van der Waals surface area contributed by atoms with Crippen LogP contribution in [0.2, 0.25) is 5.02 Å². The Hall–Kier alpha value is -3.64. The minimum Gasteiger partial charge on any atom is -0.464 e. The average molecular weight is 572 g/mol. The largest absolute Gasteiger partial charge is 0.464 e. The van der Waals surface area contributed by atoms with Crippen molar-refractivity contribution < 1.29 is 53.8 Å². The fourth-order valence-corrected chi connectivity index (χ4v) is 2.12. The Balaban J connectivity index is 0.000000375. The van der Waals surface area contributed by atoms with Gasteiger partial charge in [0.2, 0.25) is 5.91 Å². The van der Waals surface area contributed by atoms with Gasteiger partial charge in [-0.2, -0.15) is 40.6 Å². The minimum absolute atomic E-state index is 0.101. The van der Waals surface area contributed by atoms with Crippen LogP contribution >= 0.6 is 11.6 Å². The minimum atomic E-state index is -4.81. The van der Waals surface area contributed by atoms with Gasteiger partial charge >= 0.3 is 24.3 Å². The Morgan fingerprint density at radius 2 is 1.62 bits per heavy atom. The zero-order valence-electron chi connectivity index (χ0n) is 18.1. The van der Waals surface area contributed by atoms with Crippen LogP contribution in [-0.4, -0.2) is 55.0 Å². The van der Waals surface area contributed by atoms with Crippen LogP contribution in [0.25, 0.3) is 0 Å². The number of rotatable bonds is 10. The first-order chi connectivity index (χ1) is 17.2. The van der Waals surface area contributed by atoms with Crippen molar-refractivity contribution in [3.8, 4) is 0 Å². The lowest BCUT2D eigenvalue weighted by atomic mass is 10.4. The molecule has 20 heteroatoms. The summed E-state index contributed by atoms with van der Waals surface area (Å²) in [6, 6.07) is 0. The summed E-state index contributed by atoms with van der Waals surface area (Å²) in [5.41, 5.74) is 0. The van der Waals surface area contributed by atoms with Crippen LogP contribution in [0.15, 0.2) is 36.2 Å². The molecule has 37 heavy (non-hydrogen) atoms. The van der Waals surface area contributed by atoms with Gasteiger partial charge in [-0.15, -0.1) is 10.2 Å². The molecule has 0 saturated carbocycles. The number of amides is 1. The normalized spacial score (nSPS) is 10.8. The number of hydrogen-bond donors (Lipinski definition) is 1. The Morgan fingerprint density at radius 3 is 2.14 bits per heavy atom. The van der Waals surface area contributed by atoms with E-state index in [9.17, 15) is 49.1 Å². The molecular weight excluding hydrogens is 557 g/mol. The second kappa shape index (κ2) is 14.8. The van der Waals surface area contributed by atoms with Crippen LogP contribution in [0.4, 0.5) is 39.5 Å². The highest BCUT2D eigenvalue weighted by molar-refractivity contribution is 6.30. The number of carbonyl (C=O) groups excluding carboxylic acids is 2. The first-order valence-corrected chi connectivity index (χ1v) is 9.91. The molecule has 0 aliphatic rings. The van der Waals surface area contributed by atoms with Gasteiger partial charge in [0.1, 0.15) is 6.54 Å². The maximum absolute atomic E-state index is 12.3. The van der Waals surface area contributed by atoms with Crippen LogP contribution in [0.3, 0.4) is 0 Å². The molecule has 0 fully saturated rings. The molecule has 0 spiro atoms. The lowest BCUT2D eigenvalue weighted by molar-refractivity contribution is -0.147. The van der Waals surface area contributed by atoms with E-state index in [1.165, 1.54) is 17.1 Å². The molecule has 0 aromatic carbocycles. The molecule has 0 unspecified atom stereocenters. The molecule has 2 rings (SSSR count). The van der Waals surface area contributed by atoms with Gasteiger partial charge in [0.15, 0.2) is 18.2 Å². The molecule has 0 radical (unpaired) electrons. The van der Waals surface area contributed by atoms with E-state index < -0.39 is 73.7 Å². The predicted octanol–water partition coefficient (Wildman–Crippen LogP) is 3.82. The van der Waals surface area contributed by atoms with Gasteiger partial charge in [0, 0.05) is 25.6 Å². The van der Waals surface area contributed by atoms with E-state index in [2.05, 4.69) is 30.6 Å². The molecule has 206 valence electrons. The molecule has 1 N–H and O–H groups in total. The maximum atomic E-state index is 12.3. The molecule has 0 aliphatic carbocycles. The maximum Gasteiger partial charge on any atom is 0.455 e. The van der Waals surface area contributed by atoms with Crippen LogP contribution < -0.4 is 5.32 Å². The van der Waals surface area contributed by atoms with Gasteiger partial charge in [-0.1, -0.05) is 11.6 Å². The third kappa shape index (κ3) is 12.8. The molecule has 2 aromatic rings. The second-order valence-electron chi connectivity index (χ2n) is 6.40. The van der Waals surface area contributed by atoms with Crippen molar-refractivity contribution in [1.29, 1.82) is 0 Å². The summed E-state index contributed by atoms with van der Waals surface area (Å²) in [6.07, 6.45) is -8.29. The van der Waals surface area contributed by atoms with E-state index >= 15 is 0 Å². The fourth-order valence-electron chi connectivity index (χ4n) is 1.97. The summed E-state index contributed by atoms with van der Waals surface area (Å²) in [7, 11) is 0. The van der Waals surface area contributed by atoms with Crippen molar-refractivity contribution >= 4 is 23.5 Å². The second-order valence-corrected chi connectivity index (χ2v) is 6.83. The summed E-state index contributed by atoms with van der Waals surface area (Å²) in [6.45, 7) is -1.80. The van der Waals surface area contributed by atoms with Crippen molar-refractivity contribution in [2.45, 2.75) is 32.1 Å². The Labute approximate surface area is 205 Å². The van der Waals surface area contributed by atoms with Gasteiger partial charge < -0.3 is 10.1 Å². The monoisotopic (exact) mass is 571 g/mol. The van der Waals surface area contributed by atoms with Crippen LogP contribution in [0.5, 0.6) is 0 Å². The third-order valence-electron chi connectivity index (χ3n) is 3.55. The predicted molar refractivity (Wildman–Crippen MR) is 104 cm³/mol. The highest BCUT2D eigenvalue weighted by atomic mass is 35.5. The number of nitrogens with zero attached hydrogens (tertiary/aromatic N) is 6.